The van der Waals surface area contributed by atoms with Crippen molar-refractivity contribution in [2.45, 2.75) is 43.5 Å². The monoisotopic (exact) mass is 415 g/mol. The third-order valence-electron chi connectivity index (χ3n) is 5.30. The van der Waals surface area contributed by atoms with Crippen LogP contribution in [-0.2, 0) is 10.0 Å². The third-order valence-corrected chi connectivity index (χ3v) is 6.70. The zero-order valence-corrected chi connectivity index (χ0v) is 17.6. The summed E-state index contributed by atoms with van der Waals surface area (Å²) in [7, 11) is -3.68. The van der Waals surface area contributed by atoms with E-state index in [-0.39, 0.29) is 10.8 Å². The molecular formula is C22H29N3O3S. The van der Waals surface area contributed by atoms with Crippen molar-refractivity contribution in [1.82, 2.24) is 10.2 Å². The number of likely N-dealkylation sites (tertiary alicyclic amines) is 1. The van der Waals surface area contributed by atoms with Crippen LogP contribution in [0.15, 0.2) is 59.5 Å². The molecule has 2 aromatic rings. The van der Waals surface area contributed by atoms with Gasteiger partial charge in [-0.3, -0.25) is 9.52 Å². The van der Waals surface area contributed by atoms with Crippen molar-refractivity contribution in [2.24, 2.45) is 0 Å². The Labute approximate surface area is 173 Å². The minimum absolute atomic E-state index is 0.122. The molecule has 0 radical (unpaired) electrons. The third kappa shape index (κ3) is 6.05. The van der Waals surface area contributed by atoms with Gasteiger partial charge >= 0.3 is 0 Å². The van der Waals surface area contributed by atoms with Crippen molar-refractivity contribution in [2.75, 3.05) is 24.4 Å². The first kappa shape index (κ1) is 21.3. The number of sulfonamides is 1. The van der Waals surface area contributed by atoms with Gasteiger partial charge in [-0.25, -0.2) is 8.42 Å². The number of anilines is 1. The maximum atomic E-state index is 12.5. The van der Waals surface area contributed by atoms with Crippen LogP contribution in [0.4, 0.5) is 5.69 Å². The van der Waals surface area contributed by atoms with E-state index in [4.69, 9.17) is 0 Å². The van der Waals surface area contributed by atoms with E-state index in [1.165, 1.54) is 31.4 Å². The Balaban J connectivity index is 1.49. The van der Waals surface area contributed by atoms with Crippen LogP contribution >= 0.6 is 0 Å². The number of carbonyl (C=O) groups is 1. The lowest BCUT2D eigenvalue weighted by atomic mass is 10.0. The highest BCUT2D eigenvalue weighted by atomic mass is 32.2. The normalized spacial score (nSPS) is 17.6. The fourth-order valence-electron chi connectivity index (χ4n) is 3.58. The fourth-order valence-corrected chi connectivity index (χ4v) is 4.64. The van der Waals surface area contributed by atoms with E-state index in [0.29, 0.717) is 23.8 Å². The number of para-hydroxylation sites is 1. The SMILES string of the molecule is C[C@H]1CCCCN1CCCNC(=O)c1ccc(S(=O)(=O)Nc2ccccc2)cc1. The molecule has 0 saturated carbocycles. The smallest absolute Gasteiger partial charge is 0.261 e. The van der Waals surface area contributed by atoms with Crippen LogP contribution in [-0.4, -0.2) is 44.9 Å². The van der Waals surface area contributed by atoms with Gasteiger partial charge in [-0.2, -0.15) is 0 Å². The quantitative estimate of drug-likeness (QED) is 0.647. The lowest BCUT2D eigenvalue weighted by Gasteiger charge is -2.33. The number of rotatable bonds is 8. The zero-order chi connectivity index (χ0) is 20.7. The molecule has 0 spiro atoms. The Morgan fingerprint density at radius 3 is 2.48 bits per heavy atom. The first-order valence-corrected chi connectivity index (χ1v) is 11.6. The fraction of sp³-hybridized carbons (Fsp3) is 0.409. The Morgan fingerprint density at radius 1 is 1.07 bits per heavy atom. The van der Waals surface area contributed by atoms with Crippen LogP contribution in [0.3, 0.4) is 0 Å². The van der Waals surface area contributed by atoms with Gasteiger partial charge in [0.25, 0.3) is 15.9 Å². The Kier molecular flexibility index (Phi) is 7.28. The average Bonchev–Trinajstić information content (AvgIpc) is 2.73. The number of hydrogen-bond acceptors (Lipinski definition) is 4. The molecule has 1 fully saturated rings. The van der Waals surface area contributed by atoms with Crippen LogP contribution < -0.4 is 10.0 Å². The van der Waals surface area contributed by atoms with Crippen LogP contribution in [0.2, 0.25) is 0 Å². The van der Waals surface area contributed by atoms with Crippen molar-refractivity contribution in [3.8, 4) is 0 Å². The van der Waals surface area contributed by atoms with E-state index in [1.807, 2.05) is 6.07 Å². The summed E-state index contributed by atoms with van der Waals surface area (Å²) in [4.78, 5) is 14.9. The molecule has 0 unspecified atom stereocenters. The number of nitrogens with zero attached hydrogens (tertiary/aromatic N) is 1. The highest BCUT2D eigenvalue weighted by molar-refractivity contribution is 7.92. The molecule has 1 heterocycles. The van der Waals surface area contributed by atoms with Crippen molar-refractivity contribution < 1.29 is 13.2 Å². The molecule has 29 heavy (non-hydrogen) atoms. The molecule has 0 bridgehead atoms. The van der Waals surface area contributed by atoms with Crippen molar-refractivity contribution in [3.63, 3.8) is 0 Å². The van der Waals surface area contributed by atoms with Gasteiger partial charge in [-0.15, -0.1) is 0 Å². The van der Waals surface area contributed by atoms with E-state index in [9.17, 15) is 13.2 Å². The molecule has 0 aromatic heterocycles. The second kappa shape index (κ2) is 9.89. The maximum Gasteiger partial charge on any atom is 0.261 e. The summed E-state index contributed by atoms with van der Waals surface area (Å²) in [5, 5.41) is 2.92. The lowest BCUT2D eigenvalue weighted by molar-refractivity contribution is 0.0948. The summed E-state index contributed by atoms with van der Waals surface area (Å²) in [6, 6.07) is 15.3. The molecule has 6 nitrogen and oxygen atoms in total. The van der Waals surface area contributed by atoms with Gasteiger partial charge in [0, 0.05) is 30.4 Å². The summed E-state index contributed by atoms with van der Waals surface area (Å²) >= 11 is 0. The molecule has 3 rings (SSSR count). The van der Waals surface area contributed by atoms with E-state index >= 15 is 0 Å². The number of amides is 1. The minimum Gasteiger partial charge on any atom is -0.352 e. The van der Waals surface area contributed by atoms with Crippen LogP contribution in [0.5, 0.6) is 0 Å². The highest BCUT2D eigenvalue weighted by Gasteiger charge is 2.18. The van der Waals surface area contributed by atoms with Gasteiger partial charge in [-0.05, 0) is 69.1 Å². The first-order chi connectivity index (χ1) is 14.0. The Hall–Kier alpha value is -2.38. The molecule has 1 saturated heterocycles. The molecule has 156 valence electrons. The molecule has 1 aliphatic heterocycles. The van der Waals surface area contributed by atoms with Crippen molar-refractivity contribution in [1.29, 1.82) is 0 Å². The average molecular weight is 416 g/mol. The van der Waals surface area contributed by atoms with Gasteiger partial charge in [0.1, 0.15) is 0 Å². The number of piperidine rings is 1. The summed E-state index contributed by atoms with van der Waals surface area (Å²) in [6.07, 6.45) is 4.72. The van der Waals surface area contributed by atoms with Gasteiger partial charge in [0.05, 0.1) is 4.90 Å². The second-order valence-corrected chi connectivity index (χ2v) is 9.17. The van der Waals surface area contributed by atoms with E-state index in [0.717, 1.165) is 19.5 Å². The molecule has 0 aliphatic carbocycles. The van der Waals surface area contributed by atoms with Crippen LogP contribution in [0.1, 0.15) is 43.0 Å². The number of carbonyl (C=O) groups excluding carboxylic acids is 1. The molecule has 1 atom stereocenters. The van der Waals surface area contributed by atoms with Gasteiger partial charge in [-0.1, -0.05) is 24.6 Å². The second-order valence-electron chi connectivity index (χ2n) is 7.49. The summed E-state index contributed by atoms with van der Waals surface area (Å²) < 4.78 is 27.4. The number of hydrogen-bond donors (Lipinski definition) is 2. The lowest BCUT2D eigenvalue weighted by Crippen LogP contribution is -2.39. The largest absolute Gasteiger partial charge is 0.352 e. The number of nitrogens with one attached hydrogen (secondary N) is 2. The predicted octanol–water partition coefficient (Wildman–Crippen LogP) is 3.48. The standard InChI is InChI=1S/C22H29N3O3S/c1-18-8-5-6-16-25(18)17-7-15-23-22(26)19-11-13-21(14-12-19)29(27,28)24-20-9-3-2-4-10-20/h2-4,9-14,18,24H,5-8,15-17H2,1H3,(H,23,26)/t18-/m0/s1. The van der Waals surface area contributed by atoms with Crippen molar-refractivity contribution in [3.05, 3.63) is 60.2 Å². The molecule has 7 heteroatoms. The van der Waals surface area contributed by atoms with Gasteiger partial charge in [0.2, 0.25) is 0 Å². The van der Waals surface area contributed by atoms with Crippen LogP contribution in [0, 0.1) is 0 Å². The molecule has 1 aliphatic rings. The van der Waals surface area contributed by atoms with E-state index in [2.05, 4.69) is 21.9 Å². The molecule has 2 aromatic carbocycles. The summed E-state index contributed by atoms with van der Waals surface area (Å²) in [5.41, 5.74) is 0.951. The van der Waals surface area contributed by atoms with Gasteiger partial charge in [0.15, 0.2) is 0 Å². The summed E-state index contributed by atoms with van der Waals surface area (Å²) in [6.45, 7) is 5.00. The molecule has 2 N–H and O–H groups in total. The Morgan fingerprint density at radius 2 is 1.79 bits per heavy atom. The first-order valence-electron chi connectivity index (χ1n) is 10.2. The maximum absolute atomic E-state index is 12.5. The molecular weight excluding hydrogens is 386 g/mol. The van der Waals surface area contributed by atoms with Gasteiger partial charge < -0.3 is 10.2 Å². The minimum atomic E-state index is -3.68. The molecule has 1 amide bonds. The number of benzene rings is 2. The van der Waals surface area contributed by atoms with Crippen molar-refractivity contribution >= 4 is 21.6 Å². The summed E-state index contributed by atoms with van der Waals surface area (Å²) in [5.74, 6) is -0.184. The predicted molar refractivity (Wildman–Crippen MR) is 116 cm³/mol. The van der Waals surface area contributed by atoms with E-state index in [1.54, 1.807) is 36.4 Å². The zero-order valence-electron chi connectivity index (χ0n) is 16.8. The Bertz CT molecular complexity index is 899. The topological polar surface area (TPSA) is 78.5 Å². The van der Waals surface area contributed by atoms with Crippen LogP contribution in [0.25, 0.3) is 0 Å². The van der Waals surface area contributed by atoms with E-state index < -0.39 is 10.0 Å². The highest BCUT2D eigenvalue weighted by Crippen LogP contribution is 2.17.